The molecule has 0 aromatic heterocycles. The second kappa shape index (κ2) is 5.58. The third-order valence-electron chi connectivity index (χ3n) is 1.30. The van der Waals surface area contributed by atoms with Gasteiger partial charge in [-0.3, -0.25) is 10.1 Å². The molecule has 0 spiro atoms. The van der Waals surface area contributed by atoms with Crippen molar-refractivity contribution in [2.45, 2.75) is 26.7 Å². The van der Waals surface area contributed by atoms with E-state index in [9.17, 15) is 18.0 Å². The van der Waals surface area contributed by atoms with Crippen LogP contribution in [0, 0.1) is 0 Å². The molecule has 0 bridgehead atoms. The van der Waals surface area contributed by atoms with E-state index >= 15 is 0 Å². The Bertz CT molecular complexity index is 310. The SMILES string of the molecule is CCCCS(=O)(=O)NC(=O)NC(C)=O. The standard InChI is InChI=1S/C7H14N2O4S/c1-3-4-5-14(12,13)9-7(11)8-6(2)10/h3-5H2,1-2H3,(H2,8,9,10,11). The Morgan fingerprint density at radius 2 is 1.86 bits per heavy atom. The fraction of sp³-hybridized carbons (Fsp3) is 0.714. The summed E-state index contributed by atoms with van der Waals surface area (Å²) in [4.78, 5) is 21.2. The van der Waals surface area contributed by atoms with Crippen molar-refractivity contribution in [1.82, 2.24) is 10.0 Å². The van der Waals surface area contributed by atoms with Crippen molar-refractivity contribution < 1.29 is 18.0 Å². The van der Waals surface area contributed by atoms with Gasteiger partial charge in [0.1, 0.15) is 0 Å². The van der Waals surface area contributed by atoms with Crippen molar-refractivity contribution >= 4 is 22.0 Å². The number of hydrogen-bond acceptors (Lipinski definition) is 4. The first kappa shape index (κ1) is 12.9. The minimum absolute atomic E-state index is 0.116. The normalized spacial score (nSPS) is 10.7. The van der Waals surface area contributed by atoms with Gasteiger partial charge in [0, 0.05) is 6.92 Å². The molecular weight excluding hydrogens is 208 g/mol. The van der Waals surface area contributed by atoms with Crippen molar-refractivity contribution in [2.75, 3.05) is 5.75 Å². The van der Waals surface area contributed by atoms with E-state index in [0.29, 0.717) is 6.42 Å². The van der Waals surface area contributed by atoms with Crippen LogP contribution < -0.4 is 10.0 Å². The molecule has 0 radical (unpaired) electrons. The summed E-state index contributed by atoms with van der Waals surface area (Å²) < 4.78 is 23.9. The average molecular weight is 222 g/mol. The molecule has 0 aliphatic carbocycles. The first-order valence-corrected chi connectivity index (χ1v) is 5.84. The molecule has 0 aliphatic rings. The fourth-order valence-corrected chi connectivity index (χ4v) is 1.82. The predicted molar refractivity (Wildman–Crippen MR) is 51.0 cm³/mol. The molecule has 0 heterocycles. The van der Waals surface area contributed by atoms with Gasteiger partial charge >= 0.3 is 6.03 Å². The molecule has 3 amide bonds. The maximum absolute atomic E-state index is 11.1. The molecule has 0 aromatic rings. The summed E-state index contributed by atoms with van der Waals surface area (Å²) in [5, 5.41) is 1.81. The van der Waals surface area contributed by atoms with Crippen LogP contribution in [-0.4, -0.2) is 26.1 Å². The minimum atomic E-state index is -3.60. The number of carbonyl (C=O) groups excluding carboxylic acids is 2. The van der Waals surface area contributed by atoms with Crippen LogP contribution >= 0.6 is 0 Å². The Labute approximate surface area is 83.1 Å². The number of unbranched alkanes of at least 4 members (excludes halogenated alkanes) is 1. The number of sulfonamides is 1. The van der Waals surface area contributed by atoms with Crippen LogP contribution in [0.5, 0.6) is 0 Å². The van der Waals surface area contributed by atoms with Crippen molar-refractivity contribution in [1.29, 1.82) is 0 Å². The molecule has 0 atom stereocenters. The summed E-state index contributed by atoms with van der Waals surface area (Å²) in [6.45, 7) is 2.96. The zero-order chi connectivity index (χ0) is 11.2. The smallest absolute Gasteiger partial charge is 0.278 e. The van der Waals surface area contributed by atoms with Gasteiger partial charge in [-0.1, -0.05) is 13.3 Å². The summed E-state index contributed by atoms with van der Waals surface area (Å²) in [5.74, 6) is -0.720. The van der Waals surface area contributed by atoms with E-state index in [1.165, 1.54) is 0 Å². The fourth-order valence-electron chi connectivity index (χ4n) is 0.712. The van der Waals surface area contributed by atoms with Gasteiger partial charge in [0.15, 0.2) is 0 Å². The third kappa shape index (κ3) is 6.41. The molecule has 0 aromatic carbocycles. The lowest BCUT2D eigenvalue weighted by molar-refractivity contribution is -0.117. The molecule has 0 fully saturated rings. The molecule has 6 nitrogen and oxygen atoms in total. The third-order valence-corrected chi connectivity index (χ3v) is 2.63. The molecular formula is C7H14N2O4S. The molecule has 0 rings (SSSR count). The van der Waals surface area contributed by atoms with Gasteiger partial charge in [0.25, 0.3) is 0 Å². The Kier molecular flexibility index (Phi) is 5.14. The van der Waals surface area contributed by atoms with Gasteiger partial charge in [-0.15, -0.1) is 0 Å². The monoisotopic (exact) mass is 222 g/mol. The number of hydrogen-bond donors (Lipinski definition) is 2. The minimum Gasteiger partial charge on any atom is -0.278 e. The van der Waals surface area contributed by atoms with Crippen molar-refractivity contribution in [3.8, 4) is 0 Å². The van der Waals surface area contributed by atoms with Crippen LogP contribution in [0.1, 0.15) is 26.7 Å². The average Bonchev–Trinajstić information content (AvgIpc) is 1.98. The van der Waals surface area contributed by atoms with Gasteiger partial charge < -0.3 is 0 Å². The van der Waals surface area contributed by atoms with Gasteiger partial charge in [-0.25, -0.2) is 17.9 Å². The molecule has 0 aliphatic heterocycles. The van der Waals surface area contributed by atoms with Crippen molar-refractivity contribution in [2.24, 2.45) is 0 Å². The quantitative estimate of drug-likeness (QED) is 0.698. The largest absolute Gasteiger partial charge is 0.335 e. The number of rotatable bonds is 4. The summed E-state index contributed by atoms with van der Waals surface area (Å²) in [6.07, 6.45) is 1.19. The molecule has 14 heavy (non-hydrogen) atoms. The highest BCUT2D eigenvalue weighted by atomic mass is 32.2. The van der Waals surface area contributed by atoms with Crippen LogP contribution in [0.2, 0.25) is 0 Å². The lowest BCUT2D eigenvalue weighted by atomic mass is 10.4. The Morgan fingerprint density at radius 3 is 2.29 bits per heavy atom. The highest BCUT2D eigenvalue weighted by molar-refractivity contribution is 7.90. The van der Waals surface area contributed by atoms with Crippen LogP contribution in [0.15, 0.2) is 0 Å². The second-order valence-electron chi connectivity index (χ2n) is 2.78. The van der Waals surface area contributed by atoms with E-state index in [-0.39, 0.29) is 5.75 Å². The van der Waals surface area contributed by atoms with Crippen LogP contribution in [0.3, 0.4) is 0 Å². The number of amides is 3. The Balaban J connectivity index is 4.09. The summed E-state index contributed by atoms with van der Waals surface area (Å²) in [5.41, 5.74) is 0. The summed E-state index contributed by atoms with van der Waals surface area (Å²) in [7, 11) is -3.60. The van der Waals surface area contributed by atoms with Crippen molar-refractivity contribution in [3.05, 3.63) is 0 Å². The maximum Gasteiger partial charge on any atom is 0.335 e. The first-order chi connectivity index (χ1) is 6.37. The number of nitrogens with one attached hydrogen (secondary N) is 2. The lowest BCUT2D eigenvalue weighted by Gasteiger charge is -2.05. The van der Waals surface area contributed by atoms with Crippen LogP contribution in [0.25, 0.3) is 0 Å². The highest BCUT2D eigenvalue weighted by Gasteiger charge is 2.13. The van der Waals surface area contributed by atoms with E-state index in [0.717, 1.165) is 13.3 Å². The second-order valence-corrected chi connectivity index (χ2v) is 4.63. The van der Waals surface area contributed by atoms with Crippen molar-refractivity contribution in [3.63, 3.8) is 0 Å². The molecule has 2 N–H and O–H groups in total. The van der Waals surface area contributed by atoms with Crippen LogP contribution in [0.4, 0.5) is 4.79 Å². The highest BCUT2D eigenvalue weighted by Crippen LogP contribution is 1.92. The summed E-state index contributed by atoms with van der Waals surface area (Å²) in [6, 6.07) is -1.01. The predicted octanol–water partition coefficient (Wildman–Crippen LogP) is -0.0380. The van der Waals surface area contributed by atoms with Crippen LogP contribution in [-0.2, 0) is 14.8 Å². The zero-order valence-electron chi connectivity index (χ0n) is 8.16. The Hall–Kier alpha value is -1.11. The zero-order valence-corrected chi connectivity index (χ0v) is 8.98. The molecule has 0 unspecified atom stereocenters. The van der Waals surface area contributed by atoms with E-state index < -0.39 is 22.0 Å². The molecule has 7 heteroatoms. The summed E-state index contributed by atoms with van der Waals surface area (Å²) >= 11 is 0. The van der Waals surface area contributed by atoms with Gasteiger partial charge in [-0.2, -0.15) is 0 Å². The van der Waals surface area contributed by atoms with Gasteiger partial charge in [0.05, 0.1) is 5.75 Å². The first-order valence-electron chi connectivity index (χ1n) is 4.19. The number of urea groups is 1. The van der Waals surface area contributed by atoms with E-state index in [2.05, 4.69) is 0 Å². The van der Waals surface area contributed by atoms with E-state index in [4.69, 9.17) is 0 Å². The topological polar surface area (TPSA) is 92.3 Å². The maximum atomic E-state index is 11.1. The number of imide groups is 1. The lowest BCUT2D eigenvalue weighted by Crippen LogP contribution is -2.42. The van der Waals surface area contributed by atoms with Gasteiger partial charge in [-0.05, 0) is 6.42 Å². The number of carbonyl (C=O) groups is 2. The molecule has 0 saturated carbocycles. The molecule has 0 saturated heterocycles. The van der Waals surface area contributed by atoms with E-state index in [1.54, 1.807) is 4.72 Å². The van der Waals surface area contributed by atoms with E-state index in [1.807, 2.05) is 12.2 Å². The van der Waals surface area contributed by atoms with Gasteiger partial charge in [0.2, 0.25) is 15.9 Å². The Morgan fingerprint density at radius 1 is 1.29 bits per heavy atom. The molecule has 82 valence electrons.